The van der Waals surface area contributed by atoms with Crippen molar-refractivity contribution in [3.8, 4) is 11.5 Å². The van der Waals surface area contributed by atoms with E-state index in [2.05, 4.69) is 6.58 Å². The molecule has 1 rings (SSSR count). The third kappa shape index (κ3) is 6.41. The number of aromatic hydroxyl groups is 1. The van der Waals surface area contributed by atoms with E-state index in [-0.39, 0.29) is 11.3 Å². The van der Waals surface area contributed by atoms with Crippen molar-refractivity contribution in [3.63, 3.8) is 0 Å². The molecule has 0 saturated heterocycles. The summed E-state index contributed by atoms with van der Waals surface area (Å²) >= 11 is 0. The van der Waals surface area contributed by atoms with Crippen LogP contribution in [-0.4, -0.2) is 18.0 Å². The van der Waals surface area contributed by atoms with Crippen molar-refractivity contribution >= 4 is 6.29 Å². The Kier molecular flexibility index (Phi) is 8.20. The highest BCUT2D eigenvalue weighted by molar-refractivity contribution is 5.79. The van der Waals surface area contributed by atoms with Gasteiger partial charge in [-0.05, 0) is 37.5 Å². The number of aldehydes is 1. The fourth-order valence-electron chi connectivity index (χ4n) is 2.00. The van der Waals surface area contributed by atoms with E-state index >= 15 is 0 Å². The fourth-order valence-corrected chi connectivity index (χ4v) is 2.00. The molecule has 1 N–H and O–H groups in total. The topological polar surface area (TPSA) is 46.5 Å². The largest absolute Gasteiger partial charge is 0.507 e. The average molecular weight is 276 g/mol. The molecule has 0 aliphatic rings. The van der Waals surface area contributed by atoms with Gasteiger partial charge in [0, 0.05) is 0 Å². The summed E-state index contributed by atoms with van der Waals surface area (Å²) < 4.78 is 5.57. The number of unbranched alkanes of at least 4 members (excludes halogenated alkanes) is 6. The number of carbonyl (C=O) groups excluding carboxylic acids is 1. The molecule has 0 bridgehead atoms. The van der Waals surface area contributed by atoms with E-state index in [0.29, 0.717) is 18.6 Å². The normalized spacial score (nSPS) is 10.2. The first-order chi connectivity index (χ1) is 9.77. The maximum Gasteiger partial charge on any atom is 0.153 e. The molecule has 0 unspecified atom stereocenters. The van der Waals surface area contributed by atoms with Gasteiger partial charge in [-0.3, -0.25) is 4.79 Å². The van der Waals surface area contributed by atoms with E-state index < -0.39 is 0 Å². The Morgan fingerprint density at radius 3 is 2.50 bits per heavy atom. The number of phenolic OH excluding ortho intramolecular Hbond substituents is 1. The lowest BCUT2D eigenvalue weighted by Gasteiger charge is -2.07. The Labute approximate surface area is 121 Å². The summed E-state index contributed by atoms with van der Waals surface area (Å²) in [7, 11) is 0. The van der Waals surface area contributed by atoms with Crippen molar-refractivity contribution in [2.45, 2.75) is 44.9 Å². The number of hydrogen-bond donors (Lipinski definition) is 1. The van der Waals surface area contributed by atoms with Crippen molar-refractivity contribution in [1.29, 1.82) is 0 Å². The van der Waals surface area contributed by atoms with Gasteiger partial charge in [0.1, 0.15) is 11.5 Å². The molecule has 0 atom stereocenters. The molecule has 0 fully saturated rings. The van der Waals surface area contributed by atoms with E-state index in [0.717, 1.165) is 19.3 Å². The molecule has 3 heteroatoms. The average Bonchev–Trinajstić information content (AvgIpc) is 2.47. The second-order valence-electron chi connectivity index (χ2n) is 4.89. The lowest BCUT2D eigenvalue weighted by Crippen LogP contribution is -1.98. The lowest BCUT2D eigenvalue weighted by molar-refractivity contribution is 0.112. The summed E-state index contributed by atoms with van der Waals surface area (Å²) in [5, 5.41) is 9.37. The van der Waals surface area contributed by atoms with Crippen molar-refractivity contribution in [3.05, 3.63) is 36.4 Å². The standard InChI is InChI=1S/C17H24O3/c1-2-3-4-5-6-7-8-9-12-20-16-10-11-17(19)15(13-16)14-18/h2,10-11,13-14,19H,1,3-9,12H2. The van der Waals surface area contributed by atoms with Gasteiger partial charge in [-0.25, -0.2) is 0 Å². The summed E-state index contributed by atoms with van der Waals surface area (Å²) in [5.41, 5.74) is 0.268. The first-order valence-electron chi connectivity index (χ1n) is 7.30. The van der Waals surface area contributed by atoms with Gasteiger partial charge < -0.3 is 9.84 Å². The van der Waals surface area contributed by atoms with Crippen molar-refractivity contribution in [1.82, 2.24) is 0 Å². The Morgan fingerprint density at radius 1 is 1.10 bits per heavy atom. The molecule has 0 aliphatic heterocycles. The number of hydrogen-bond acceptors (Lipinski definition) is 3. The molecule has 1 aromatic carbocycles. The van der Waals surface area contributed by atoms with E-state index in [4.69, 9.17) is 4.74 Å². The molecule has 0 radical (unpaired) electrons. The number of carbonyl (C=O) groups is 1. The quantitative estimate of drug-likeness (QED) is 0.368. The van der Waals surface area contributed by atoms with Gasteiger partial charge in [0.05, 0.1) is 12.2 Å². The van der Waals surface area contributed by atoms with Crippen LogP contribution in [0.15, 0.2) is 30.9 Å². The minimum atomic E-state index is -0.00752. The van der Waals surface area contributed by atoms with Crippen molar-refractivity contribution < 1.29 is 14.6 Å². The molecule has 3 nitrogen and oxygen atoms in total. The highest BCUT2D eigenvalue weighted by Crippen LogP contribution is 2.21. The zero-order chi connectivity index (χ0) is 14.6. The monoisotopic (exact) mass is 276 g/mol. The zero-order valence-electron chi connectivity index (χ0n) is 12.0. The molecule has 110 valence electrons. The summed E-state index contributed by atoms with van der Waals surface area (Å²) in [6.07, 6.45) is 10.9. The van der Waals surface area contributed by atoms with E-state index in [9.17, 15) is 9.90 Å². The Balaban J connectivity index is 2.09. The zero-order valence-corrected chi connectivity index (χ0v) is 12.0. The van der Waals surface area contributed by atoms with Gasteiger partial charge in [-0.2, -0.15) is 0 Å². The van der Waals surface area contributed by atoms with Crippen LogP contribution < -0.4 is 4.74 Å². The van der Waals surface area contributed by atoms with Gasteiger partial charge in [0.25, 0.3) is 0 Å². The number of ether oxygens (including phenoxy) is 1. The number of benzene rings is 1. The lowest BCUT2D eigenvalue weighted by atomic mass is 10.1. The van der Waals surface area contributed by atoms with Crippen LogP contribution in [0, 0.1) is 0 Å². The summed E-state index contributed by atoms with van der Waals surface area (Å²) in [4.78, 5) is 10.7. The molecule has 0 spiro atoms. The Morgan fingerprint density at radius 2 is 1.80 bits per heavy atom. The predicted octanol–water partition coefficient (Wildman–Crippen LogP) is 4.50. The predicted molar refractivity (Wildman–Crippen MR) is 81.5 cm³/mol. The van der Waals surface area contributed by atoms with Crippen LogP contribution in [-0.2, 0) is 0 Å². The Bertz CT molecular complexity index is 413. The van der Waals surface area contributed by atoms with E-state index in [1.54, 1.807) is 12.1 Å². The van der Waals surface area contributed by atoms with E-state index in [1.165, 1.54) is 31.7 Å². The van der Waals surface area contributed by atoms with Crippen LogP contribution in [0.1, 0.15) is 55.3 Å². The molecule has 0 aliphatic carbocycles. The van der Waals surface area contributed by atoms with Crippen LogP contribution in [0.2, 0.25) is 0 Å². The summed E-state index contributed by atoms with van der Waals surface area (Å²) in [6, 6.07) is 4.73. The highest BCUT2D eigenvalue weighted by atomic mass is 16.5. The van der Waals surface area contributed by atoms with E-state index in [1.807, 2.05) is 6.08 Å². The van der Waals surface area contributed by atoms with Gasteiger partial charge in [0.15, 0.2) is 6.29 Å². The van der Waals surface area contributed by atoms with Gasteiger partial charge >= 0.3 is 0 Å². The molecule has 0 heterocycles. The SMILES string of the molecule is C=CCCCCCCCCOc1ccc(O)c(C=O)c1. The fraction of sp³-hybridized carbons (Fsp3) is 0.471. The molecule has 0 saturated carbocycles. The molecule has 20 heavy (non-hydrogen) atoms. The number of allylic oxidation sites excluding steroid dienone is 1. The summed E-state index contributed by atoms with van der Waals surface area (Å²) in [6.45, 7) is 4.36. The molecular formula is C17H24O3. The van der Waals surface area contributed by atoms with Crippen LogP contribution in [0.3, 0.4) is 0 Å². The Hall–Kier alpha value is -1.77. The second kappa shape index (κ2) is 10.1. The third-order valence-electron chi connectivity index (χ3n) is 3.20. The second-order valence-corrected chi connectivity index (χ2v) is 4.89. The van der Waals surface area contributed by atoms with Crippen LogP contribution in [0.5, 0.6) is 11.5 Å². The number of phenols is 1. The third-order valence-corrected chi connectivity index (χ3v) is 3.20. The maximum atomic E-state index is 10.7. The molecule has 1 aromatic rings. The highest BCUT2D eigenvalue weighted by Gasteiger charge is 2.02. The van der Waals surface area contributed by atoms with Gasteiger partial charge in [-0.15, -0.1) is 6.58 Å². The molecular weight excluding hydrogens is 252 g/mol. The minimum Gasteiger partial charge on any atom is -0.507 e. The van der Waals surface area contributed by atoms with Crippen molar-refractivity contribution in [2.24, 2.45) is 0 Å². The first kappa shape index (κ1) is 16.3. The van der Waals surface area contributed by atoms with Gasteiger partial charge in [-0.1, -0.05) is 31.8 Å². The smallest absolute Gasteiger partial charge is 0.153 e. The van der Waals surface area contributed by atoms with Gasteiger partial charge in [0.2, 0.25) is 0 Å². The van der Waals surface area contributed by atoms with Crippen LogP contribution in [0.4, 0.5) is 0 Å². The number of rotatable bonds is 11. The van der Waals surface area contributed by atoms with Crippen molar-refractivity contribution in [2.75, 3.05) is 6.61 Å². The molecule has 0 amide bonds. The summed E-state index contributed by atoms with van der Waals surface area (Å²) in [5.74, 6) is 0.628. The van der Waals surface area contributed by atoms with Crippen LogP contribution >= 0.6 is 0 Å². The first-order valence-corrected chi connectivity index (χ1v) is 7.30. The minimum absolute atomic E-state index is 0.00752. The maximum absolute atomic E-state index is 10.7. The molecule has 0 aromatic heterocycles. The van der Waals surface area contributed by atoms with Crippen LogP contribution in [0.25, 0.3) is 0 Å².